The molecule has 2 aromatic carbocycles. The Labute approximate surface area is 134 Å². The molecule has 3 rings (SSSR count). The predicted octanol–water partition coefficient (Wildman–Crippen LogP) is 4.71. The second-order valence-electron chi connectivity index (χ2n) is 4.87. The molecule has 0 bridgehead atoms. The Balaban J connectivity index is 2.09. The van der Waals surface area contributed by atoms with Crippen LogP contribution >= 0.6 is 11.8 Å². The molecule has 110 valence electrons. The predicted molar refractivity (Wildman–Crippen MR) is 91.7 cm³/mol. The molecule has 0 saturated carbocycles. The molecule has 0 radical (unpaired) electrons. The van der Waals surface area contributed by atoms with Crippen LogP contribution in [0.2, 0.25) is 0 Å². The summed E-state index contributed by atoms with van der Waals surface area (Å²) in [5, 5.41) is 9.46. The third-order valence-corrected chi connectivity index (χ3v) is 4.24. The quantitative estimate of drug-likeness (QED) is 0.640. The molecule has 0 amide bonds. The SMILES string of the molecule is CCCSc1nnc(-c2ccccc2)c(-c2ccccc2)n1. The molecule has 0 aliphatic carbocycles. The normalized spacial score (nSPS) is 10.6. The first kappa shape index (κ1) is 14.7. The van der Waals surface area contributed by atoms with E-state index in [4.69, 9.17) is 4.98 Å². The van der Waals surface area contributed by atoms with Gasteiger partial charge in [-0.05, 0) is 6.42 Å². The average Bonchev–Trinajstić information content (AvgIpc) is 2.61. The van der Waals surface area contributed by atoms with Crippen LogP contribution in [-0.4, -0.2) is 20.9 Å². The Morgan fingerprint density at radius 2 is 1.36 bits per heavy atom. The first-order valence-electron chi connectivity index (χ1n) is 7.37. The van der Waals surface area contributed by atoms with Crippen LogP contribution in [0, 0.1) is 0 Å². The van der Waals surface area contributed by atoms with Crippen molar-refractivity contribution in [2.45, 2.75) is 18.5 Å². The summed E-state index contributed by atoms with van der Waals surface area (Å²) in [5.74, 6) is 1.00. The Bertz CT molecular complexity index is 730. The second-order valence-corrected chi connectivity index (χ2v) is 5.93. The topological polar surface area (TPSA) is 38.7 Å². The highest BCUT2D eigenvalue weighted by Gasteiger charge is 2.13. The second kappa shape index (κ2) is 7.18. The van der Waals surface area contributed by atoms with Gasteiger partial charge in [-0.1, -0.05) is 79.3 Å². The molecule has 4 heteroatoms. The number of hydrogen-bond donors (Lipinski definition) is 0. The first-order valence-corrected chi connectivity index (χ1v) is 8.35. The fraction of sp³-hybridized carbons (Fsp3) is 0.167. The zero-order valence-electron chi connectivity index (χ0n) is 12.4. The van der Waals surface area contributed by atoms with Gasteiger partial charge in [-0.25, -0.2) is 4.98 Å². The number of hydrogen-bond acceptors (Lipinski definition) is 4. The molecule has 0 N–H and O–H groups in total. The molecule has 0 spiro atoms. The summed E-state index contributed by atoms with van der Waals surface area (Å²) < 4.78 is 0. The molecular formula is C18H17N3S. The first-order chi connectivity index (χ1) is 10.9. The van der Waals surface area contributed by atoms with E-state index in [1.807, 2.05) is 48.5 Å². The van der Waals surface area contributed by atoms with Crippen molar-refractivity contribution >= 4 is 11.8 Å². The van der Waals surface area contributed by atoms with Crippen LogP contribution in [0.1, 0.15) is 13.3 Å². The van der Waals surface area contributed by atoms with Gasteiger partial charge in [0.05, 0.1) is 0 Å². The van der Waals surface area contributed by atoms with Crippen molar-refractivity contribution in [1.29, 1.82) is 0 Å². The molecule has 1 heterocycles. The van der Waals surface area contributed by atoms with Gasteiger partial charge < -0.3 is 0 Å². The van der Waals surface area contributed by atoms with Crippen LogP contribution in [0.4, 0.5) is 0 Å². The lowest BCUT2D eigenvalue weighted by atomic mass is 10.0. The zero-order chi connectivity index (χ0) is 15.2. The van der Waals surface area contributed by atoms with E-state index in [9.17, 15) is 0 Å². The number of thioether (sulfide) groups is 1. The third-order valence-electron chi connectivity index (χ3n) is 3.20. The standard InChI is InChI=1S/C18H17N3S/c1-2-13-22-18-19-16(14-9-5-3-6-10-14)17(20-21-18)15-11-7-4-8-12-15/h3-12H,2,13H2,1H3. The largest absolute Gasteiger partial charge is 0.219 e. The van der Waals surface area contributed by atoms with Crippen LogP contribution in [0.25, 0.3) is 22.5 Å². The number of aromatic nitrogens is 3. The van der Waals surface area contributed by atoms with Crippen molar-refractivity contribution in [2.75, 3.05) is 5.75 Å². The van der Waals surface area contributed by atoms with Crippen LogP contribution in [0.3, 0.4) is 0 Å². The Hall–Kier alpha value is -2.20. The van der Waals surface area contributed by atoms with Gasteiger partial charge in [-0.3, -0.25) is 0 Å². The highest BCUT2D eigenvalue weighted by molar-refractivity contribution is 7.99. The fourth-order valence-corrected chi connectivity index (χ4v) is 2.79. The summed E-state index contributed by atoms with van der Waals surface area (Å²) in [6, 6.07) is 20.3. The molecular weight excluding hydrogens is 290 g/mol. The summed E-state index contributed by atoms with van der Waals surface area (Å²) in [6.07, 6.45) is 1.09. The van der Waals surface area contributed by atoms with Gasteiger partial charge in [0.15, 0.2) is 0 Å². The van der Waals surface area contributed by atoms with Crippen molar-refractivity contribution in [3.63, 3.8) is 0 Å². The highest BCUT2D eigenvalue weighted by Crippen LogP contribution is 2.29. The smallest absolute Gasteiger partial charge is 0.209 e. The monoisotopic (exact) mass is 307 g/mol. The molecule has 22 heavy (non-hydrogen) atoms. The summed E-state index contributed by atoms with van der Waals surface area (Å²) in [7, 11) is 0. The van der Waals surface area contributed by atoms with E-state index in [1.54, 1.807) is 11.8 Å². The van der Waals surface area contributed by atoms with Gasteiger partial charge >= 0.3 is 0 Å². The van der Waals surface area contributed by atoms with Crippen LogP contribution < -0.4 is 0 Å². The van der Waals surface area contributed by atoms with Crippen molar-refractivity contribution in [2.24, 2.45) is 0 Å². The molecule has 0 saturated heterocycles. The molecule has 0 unspecified atom stereocenters. The molecule has 0 atom stereocenters. The minimum atomic E-state index is 0.736. The van der Waals surface area contributed by atoms with Gasteiger partial charge in [-0.2, -0.15) is 0 Å². The highest BCUT2D eigenvalue weighted by atomic mass is 32.2. The molecule has 0 aliphatic rings. The van der Waals surface area contributed by atoms with Gasteiger partial charge in [0.1, 0.15) is 11.4 Å². The zero-order valence-corrected chi connectivity index (χ0v) is 13.3. The minimum Gasteiger partial charge on any atom is -0.219 e. The fourth-order valence-electron chi connectivity index (χ4n) is 2.15. The van der Waals surface area contributed by atoms with E-state index in [2.05, 4.69) is 29.3 Å². The van der Waals surface area contributed by atoms with E-state index in [0.29, 0.717) is 0 Å². The number of benzene rings is 2. The van der Waals surface area contributed by atoms with Gasteiger partial charge in [-0.15, -0.1) is 10.2 Å². The van der Waals surface area contributed by atoms with E-state index in [0.717, 1.165) is 39.8 Å². The molecule has 1 aromatic heterocycles. The molecule has 0 fully saturated rings. The number of rotatable bonds is 5. The van der Waals surface area contributed by atoms with Crippen LogP contribution in [0.15, 0.2) is 65.8 Å². The summed E-state index contributed by atoms with van der Waals surface area (Å²) in [6.45, 7) is 2.15. The molecule has 3 nitrogen and oxygen atoms in total. The van der Waals surface area contributed by atoms with Crippen molar-refractivity contribution < 1.29 is 0 Å². The van der Waals surface area contributed by atoms with Crippen molar-refractivity contribution in [1.82, 2.24) is 15.2 Å². The van der Waals surface area contributed by atoms with E-state index in [-0.39, 0.29) is 0 Å². The minimum absolute atomic E-state index is 0.736. The maximum Gasteiger partial charge on any atom is 0.209 e. The van der Waals surface area contributed by atoms with Crippen molar-refractivity contribution in [3.8, 4) is 22.5 Å². The lowest BCUT2D eigenvalue weighted by Crippen LogP contribution is -1.99. The average molecular weight is 307 g/mol. The van der Waals surface area contributed by atoms with E-state index in [1.165, 1.54) is 0 Å². The third kappa shape index (κ3) is 3.34. The number of nitrogens with zero attached hydrogens (tertiary/aromatic N) is 3. The summed E-state index contributed by atoms with van der Waals surface area (Å²) >= 11 is 1.65. The Morgan fingerprint density at radius 1 is 0.773 bits per heavy atom. The molecule has 3 aromatic rings. The van der Waals surface area contributed by atoms with Gasteiger partial charge in [0.2, 0.25) is 5.16 Å². The van der Waals surface area contributed by atoms with Crippen molar-refractivity contribution in [3.05, 3.63) is 60.7 Å². The van der Waals surface area contributed by atoms with Gasteiger partial charge in [0, 0.05) is 16.9 Å². The summed E-state index contributed by atoms with van der Waals surface area (Å²) in [5.41, 5.74) is 3.82. The van der Waals surface area contributed by atoms with E-state index >= 15 is 0 Å². The maximum atomic E-state index is 4.75. The maximum absolute atomic E-state index is 4.75. The van der Waals surface area contributed by atoms with Gasteiger partial charge in [0.25, 0.3) is 0 Å². The van der Waals surface area contributed by atoms with Crippen LogP contribution in [-0.2, 0) is 0 Å². The van der Waals surface area contributed by atoms with Crippen LogP contribution in [0.5, 0.6) is 0 Å². The lowest BCUT2D eigenvalue weighted by molar-refractivity contribution is 0.848. The van der Waals surface area contributed by atoms with E-state index < -0.39 is 0 Å². The summed E-state index contributed by atoms with van der Waals surface area (Å²) in [4.78, 5) is 4.75. The Morgan fingerprint density at radius 3 is 1.95 bits per heavy atom. The Kier molecular flexibility index (Phi) is 4.81. The lowest BCUT2D eigenvalue weighted by Gasteiger charge is -2.09. The molecule has 0 aliphatic heterocycles.